The SMILES string of the molecule is CC.CC.CC.CC1=CC=C(N(C)CCN(C)C2CN(C)C2)CC1. The summed E-state index contributed by atoms with van der Waals surface area (Å²) in [5.41, 5.74) is 2.99. The summed E-state index contributed by atoms with van der Waals surface area (Å²) in [7, 11) is 6.67. The number of rotatable bonds is 5. The number of nitrogens with zero attached hydrogens (tertiary/aromatic N) is 3. The Morgan fingerprint density at radius 1 is 0.917 bits per heavy atom. The molecule has 1 aliphatic heterocycles. The van der Waals surface area contributed by atoms with Crippen LogP contribution >= 0.6 is 0 Å². The molecule has 0 aromatic carbocycles. The van der Waals surface area contributed by atoms with Crippen LogP contribution in [-0.4, -0.2) is 68.1 Å². The van der Waals surface area contributed by atoms with Gasteiger partial charge in [-0.1, -0.05) is 53.2 Å². The highest BCUT2D eigenvalue weighted by Crippen LogP contribution is 2.20. The summed E-state index contributed by atoms with van der Waals surface area (Å²) in [4.78, 5) is 7.30. The van der Waals surface area contributed by atoms with Crippen molar-refractivity contribution in [2.24, 2.45) is 0 Å². The number of allylic oxidation sites excluding steroid dienone is 4. The maximum absolute atomic E-state index is 2.50. The van der Waals surface area contributed by atoms with Crippen molar-refractivity contribution in [2.75, 3.05) is 47.3 Å². The Bertz CT molecular complexity index is 341. The lowest BCUT2D eigenvalue weighted by Gasteiger charge is -2.42. The second-order valence-electron chi connectivity index (χ2n) is 5.95. The van der Waals surface area contributed by atoms with Gasteiger partial charge in [0.1, 0.15) is 0 Å². The van der Waals surface area contributed by atoms with Gasteiger partial charge >= 0.3 is 0 Å². The molecule has 0 amide bonds. The second kappa shape index (κ2) is 15.7. The largest absolute Gasteiger partial charge is 0.377 e. The summed E-state index contributed by atoms with van der Waals surface area (Å²) in [6.45, 7) is 19.0. The van der Waals surface area contributed by atoms with Crippen LogP contribution in [0.25, 0.3) is 0 Å². The van der Waals surface area contributed by atoms with E-state index in [9.17, 15) is 0 Å². The Kier molecular flexibility index (Phi) is 16.7. The second-order valence-corrected chi connectivity index (χ2v) is 5.95. The van der Waals surface area contributed by atoms with E-state index in [1.165, 1.54) is 37.2 Å². The van der Waals surface area contributed by atoms with Gasteiger partial charge in [0.15, 0.2) is 0 Å². The lowest BCUT2D eigenvalue weighted by Crippen LogP contribution is -2.57. The molecular weight excluding hydrogens is 294 g/mol. The Balaban J connectivity index is 0. The van der Waals surface area contributed by atoms with E-state index in [-0.39, 0.29) is 0 Å². The third-order valence-electron chi connectivity index (χ3n) is 4.28. The van der Waals surface area contributed by atoms with Crippen molar-refractivity contribution in [2.45, 2.75) is 67.3 Å². The molecule has 0 N–H and O–H groups in total. The minimum atomic E-state index is 0.769. The summed E-state index contributed by atoms with van der Waals surface area (Å²) in [5, 5.41) is 0. The third-order valence-corrected chi connectivity index (χ3v) is 4.28. The van der Waals surface area contributed by atoms with Gasteiger partial charge in [-0.25, -0.2) is 0 Å². The van der Waals surface area contributed by atoms with Crippen LogP contribution in [-0.2, 0) is 0 Å². The average Bonchev–Trinajstić information content (AvgIpc) is 2.62. The molecule has 0 spiro atoms. The van der Waals surface area contributed by atoms with Gasteiger partial charge in [0.25, 0.3) is 0 Å². The fourth-order valence-electron chi connectivity index (χ4n) is 2.63. The first-order chi connectivity index (χ1) is 11.6. The molecule has 0 atom stereocenters. The van der Waals surface area contributed by atoms with Crippen molar-refractivity contribution in [3.8, 4) is 0 Å². The molecule has 1 aliphatic carbocycles. The molecule has 2 rings (SSSR count). The van der Waals surface area contributed by atoms with Gasteiger partial charge in [0, 0.05) is 45.0 Å². The predicted molar refractivity (Wildman–Crippen MR) is 112 cm³/mol. The Hall–Kier alpha value is -0.800. The fraction of sp³-hybridized carbons (Fsp3) is 0.810. The van der Waals surface area contributed by atoms with Gasteiger partial charge in [-0.3, -0.25) is 4.90 Å². The van der Waals surface area contributed by atoms with E-state index >= 15 is 0 Å². The zero-order valence-electron chi connectivity index (χ0n) is 18.3. The molecule has 2 aliphatic rings. The normalized spacial score (nSPS) is 17.0. The van der Waals surface area contributed by atoms with Crippen LogP contribution in [0.2, 0.25) is 0 Å². The molecule has 24 heavy (non-hydrogen) atoms. The van der Waals surface area contributed by atoms with Crippen LogP contribution in [0.4, 0.5) is 0 Å². The number of likely N-dealkylation sites (N-methyl/N-ethyl adjacent to an activating group) is 3. The molecule has 3 heteroatoms. The molecule has 0 saturated carbocycles. The first-order valence-electron chi connectivity index (χ1n) is 10.0. The highest BCUT2D eigenvalue weighted by Gasteiger charge is 2.26. The summed E-state index contributed by atoms with van der Waals surface area (Å²) < 4.78 is 0. The minimum absolute atomic E-state index is 0.769. The van der Waals surface area contributed by atoms with Crippen molar-refractivity contribution in [1.29, 1.82) is 0 Å². The van der Waals surface area contributed by atoms with Gasteiger partial charge in [0.2, 0.25) is 0 Å². The minimum Gasteiger partial charge on any atom is -0.377 e. The number of hydrogen-bond acceptors (Lipinski definition) is 3. The molecule has 0 unspecified atom stereocenters. The van der Waals surface area contributed by atoms with Crippen molar-refractivity contribution in [1.82, 2.24) is 14.7 Å². The van der Waals surface area contributed by atoms with Gasteiger partial charge in [0.05, 0.1) is 0 Å². The van der Waals surface area contributed by atoms with Crippen LogP contribution in [0.1, 0.15) is 61.3 Å². The summed E-state index contributed by atoms with van der Waals surface area (Å²) in [6, 6.07) is 0.769. The van der Waals surface area contributed by atoms with E-state index in [1.54, 1.807) is 0 Å². The molecule has 1 fully saturated rings. The van der Waals surface area contributed by atoms with E-state index in [0.717, 1.165) is 19.1 Å². The van der Waals surface area contributed by atoms with Crippen LogP contribution in [0.15, 0.2) is 23.4 Å². The molecule has 0 aromatic rings. The summed E-state index contributed by atoms with van der Waals surface area (Å²) >= 11 is 0. The van der Waals surface area contributed by atoms with E-state index < -0.39 is 0 Å². The van der Waals surface area contributed by atoms with Crippen molar-refractivity contribution in [3.63, 3.8) is 0 Å². The number of likely N-dealkylation sites (tertiary alicyclic amines) is 1. The predicted octanol–water partition coefficient (Wildman–Crippen LogP) is 4.87. The molecule has 0 bridgehead atoms. The van der Waals surface area contributed by atoms with Gasteiger partial charge in [-0.2, -0.15) is 0 Å². The first kappa shape index (κ1) is 25.4. The van der Waals surface area contributed by atoms with Crippen molar-refractivity contribution < 1.29 is 0 Å². The first-order valence-corrected chi connectivity index (χ1v) is 10.0. The maximum atomic E-state index is 2.50. The van der Waals surface area contributed by atoms with Crippen LogP contribution < -0.4 is 0 Å². The van der Waals surface area contributed by atoms with Gasteiger partial charge in [-0.05, 0) is 39.9 Å². The summed E-state index contributed by atoms with van der Waals surface area (Å²) in [6.07, 6.45) is 6.98. The third kappa shape index (κ3) is 9.48. The van der Waals surface area contributed by atoms with E-state index in [4.69, 9.17) is 0 Å². The standard InChI is InChI=1S/C15H27N3.3C2H6/c1-13-5-7-14(8-6-13)17(3)9-10-18(4)15-11-16(2)12-15;3*1-2/h5,7,15H,6,8-12H2,1-4H3;3*1-2H3. The quantitative estimate of drug-likeness (QED) is 0.708. The Labute approximate surface area is 153 Å². The molecule has 3 nitrogen and oxygen atoms in total. The van der Waals surface area contributed by atoms with Crippen LogP contribution in [0.5, 0.6) is 0 Å². The summed E-state index contributed by atoms with van der Waals surface area (Å²) in [5.74, 6) is 0. The van der Waals surface area contributed by atoms with Gasteiger partial charge < -0.3 is 9.80 Å². The molecule has 1 saturated heterocycles. The van der Waals surface area contributed by atoms with Crippen LogP contribution in [0.3, 0.4) is 0 Å². The monoisotopic (exact) mass is 339 g/mol. The number of hydrogen-bond donors (Lipinski definition) is 0. The molecule has 1 heterocycles. The Morgan fingerprint density at radius 2 is 1.46 bits per heavy atom. The zero-order valence-corrected chi connectivity index (χ0v) is 18.3. The lowest BCUT2D eigenvalue weighted by atomic mass is 10.0. The average molecular weight is 340 g/mol. The lowest BCUT2D eigenvalue weighted by molar-refractivity contribution is 0.0668. The molecular formula is C21H45N3. The van der Waals surface area contributed by atoms with E-state index in [0.29, 0.717) is 0 Å². The highest BCUT2D eigenvalue weighted by molar-refractivity contribution is 5.21. The Morgan fingerprint density at radius 3 is 1.88 bits per heavy atom. The smallest absolute Gasteiger partial charge is 0.0347 e. The fourth-order valence-corrected chi connectivity index (χ4v) is 2.63. The highest BCUT2D eigenvalue weighted by atomic mass is 15.3. The molecule has 0 aromatic heterocycles. The van der Waals surface area contributed by atoms with Crippen molar-refractivity contribution >= 4 is 0 Å². The topological polar surface area (TPSA) is 9.72 Å². The maximum Gasteiger partial charge on any atom is 0.0347 e. The zero-order chi connectivity index (χ0) is 19.1. The van der Waals surface area contributed by atoms with Gasteiger partial charge in [-0.15, -0.1) is 0 Å². The van der Waals surface area contributed by atoms with E-state index in [2.05, 4.69) is 54.9 Å². The molecule has 0 radical (unpaired) electrons. The van der Waals surface area contributed by atoms with Crippen LogP contribution in [0, 0.1) is 0 Å². The molecule has 144 valence electrons. The van der Waals surface area contributed by atoms with Crippen molar-refractivity contribution in [3.05, 3.63) is 23.4 Å². The van der Waals surface area contributed by atoms with E-state index in [1.807, 2.05) is 41.5 Å².